The van der Waals surface area contributed by atoms with Crippen molar-refractivity contribution in [1.29, 1.82) is 0 Å². The van der Waals surface area contributed by atoms with Crippen molar-refractivity contribution in [2.45, 2.75) is 5.75 Å². The van der Waals surface area contributed by atoms with Gasteiger partial charge in [0.15, 0.2) is 0 Å². The summed E-state index contributed by atoms with van der Waals surface area (Å²) < 4.78 is 21.3. The minimum Gasteiger partial charge on any atom is -0.478 e. The summed E-state index contributed by atoms with van der Waals surface area (Å²) in [5.41, 5.74) is 0.183. The molecule has 1 aromatic rings. The molecule has 0 aliphatic rings. The first-order valence-corrected chi connectivity index (χ1v) is 5.96. The van der Waals surface area contributed by atoms with Crippen LogP contribution >= 0.6 is 10.7 Å². The first kappa shape index (κ1) is 10.9. The van der Waals surface area contributed by atoms with Gasteiger partial charge in [-0.05, 0) is 11.6 Å². The van der Waals surface area contributed by atoms with Crippen LogP contribution in [0.2, 0.25) is 0 Å². The molecule has 14 heavy (non-hydrogen) atoms. The topological polar surface area (TPSA) is 84.3 Å². The Morgan fingerprint density at radius 3 is 2.64 bits per heavy atom. The fourth-order valence-electron chi connectivity index (χ4n) is 0.883. The van der Waals surface area contributed by atoms with E-state index >= 15 is 0 Å². The molecule has 0 radical (unpaired) electrons. The standard InChI is InChI=1S/C7H6ClNO4S/c8-14(12,13)4-5-1-6(7(10)11)3-9-2-5/h1-3H,4H2,(H,10,11). The highest BCUT2D eigenvalue weighted by Gasteiger charge is 2.10. The first-order valence-electron chi connectivity index (χ1n) is 3.48. The van der Waals surface area contributed by atoms with Gasteiger partial charge in [0.25, 0.3) is 0 Å². The Labute approximate surface area is 84.8 Å². The lowest BCUT2D eigenvalue weighted by Gasteiger charge is -1.98. The number of pyridine rings is 1. The quantitative estimate of drug-likeness (QED) is 0.785. The van der Waals surface area contributed by atoms with Crippen molar-refractivity contribution in [3.63, 3.8) is 0 Å². The Bertz CT molecular complexity index is 457. The molecule has 7 heteroatoms. The summed E-state index contributed by atoms with van der Waals surface area (Å²) in [6.07, 6.45) is 2.39. The number of aromatic carboxylic acids is 1. The van der Waals surface area contributed by atoms with Crippen molar-refractivity contribution in [2.24, 2.45) is 0 Å². The molecule has 0 unspecified atom stereocenters. The average molecular weight is 236 g/mol. The highest BCUT2D eigenvalue weighted by molar-refractivity contribution is 8.13. The second kappa shape index (κ2) is 3.93. The molecule has 0 amide bonds. The highest BCUT2D eigenvalue weighted by atomic mass is 35.7. The van der Waals surface area contributed by atoms with Crippen LogP contribution in [-0.4, -0.2) is 24.5 Å². The van der Waals surface area contributed by atoms with E-state index in [1.807, 2.05) is 0 Å². The van der Waals surface area contributed by atoms with Crippen molar-refractivity contribution in [3.05, 3.63) is 29.6 Å². The molecule has 0 aliphatic carbocycles. The van der Waals surface area contributed by atoms with Gasteiger partial charge < -0.3 is 5.11 Å². The zero-order chi connectivity index (χ0) is 10.8. The van der Waals surface area contributed by atoms with Crippen molar-refractivity contribution in [1.82, 2.24) is 4.98 Å². The van der Waals surface area contributed by atoms with E-state index in [4.69, 9.17) is 15.8 Å². The van der Waals surface area contributed by atoms with Crippen LogP contribution in [-0.2, 0) is 14.8 Å². The molecule has 1 N–H and O–H groups in total. The summed E-state index contributed by atoms with van der Waals surface area (Å²) in [5.74, 6) is -1.59. The van der Waals surface area contributed by atoms with Gasteiger partial charge in [-0.15, -0.1) is 0 Å². The summed E-state index contributed by atoms with van der Waals surface area (Å²) in [5, 5.41) is 8.59. The van der Waals surface area contributed by atoms with E-state index in [0.717, 1.165) is 6.20 Å². The minimum atomic E-state index is -3.68. The van der Waals surface area contributed by atoms with Crippen LogP contribution in [0.4, 0.5) is 0 Å². The predicted octanol–water partition coefficient (Wildman–Crippen LogP) is 0.848. The van der Waals surface area contributed by atoms with E-state index in [2.05, 4.69) is 4.98 Å². The smallest absolute Gasteiger partial charge is 0.337 e. The Morgan fingerprint density at radius 1 is 1.50 bits per heavy atom. The summed E-state index contributed by atoms with van der Waals surface area (Å²) in [4.78, 5) is 14.1. The molecule has 0 saturated heterocycles. The first-order chi connectivity index (χ1) is 6.38. The number of carboxylic acids is 1. The molecule has 0 aromatic carbocycles. The van der Waals surface area contributed by atoms with Crippen LogP contribution in [0.3, 0.4) is 0 Å². The largest absolute Gasteiger partial charge is 0.478 e. The number of hydrogen-bond acceptors (Lipinski definition) is 4. The van der Waals surface area contributed by atoms with E-state index in [-0.39, 0.29) is 11.1 Å². The molecule has 1 aromatic heterocycles. The monoisotopic (exact) mass is 235 g/mol. The zero-order valence-corrected chi connectivity index (χ0v) is 8.42. The number of hydrogen-bond donors (Lipinski definition) is 1. The van der Waals surface area contributed by atoms with E-state index in [1.54, 1.807) is 0 Å². The normalized spacial score (nSPS) is 11.2. The van der Waals surface area contributed by atoms with Gasteiger partial charge in [-0.3, -0.25) is 4.98 Å². The molecule has 0 spiro atoms. The van der Waals surface area contributed by atoms with Gasteiger partial charge in [0.2, 0.25) is 9.05 Å². The van der Waals surface area contributed by atoms with Gasteiger partial charge in [-0.25, -0.2) is 13.2 Å². The van der Waals surface area contributed by atoms with Gasteiger partial charge in [0, 0.05) is 23.1 Å². The van der Waals surface area contributed by atoms with Crippen molar-refractivity contribution >= 4 is 25.7 Å². The van der Waals surface area contributed by atoms with Crippen LogP contribution in [0.1, 0.15) is 15.9 Å². The second-order valence-corrected chi connectivity index (χ2v) is 5.35. The summed E-state index contributed by atoms with van der Waals surface area (Å²) >= 11 is 0. The molecule has 76 valence electrons. The molecule has 1 rings (SSSR count). The Morgan fingerprint density at radius 2 is 2.14 bits per heavy atom. The molecule has 0 aliphatic heterocycles. The van der Waals surface area contributed by atoms with Gasteiger partial charge >= 0.3 is 5.97 Å². The van der Waals surface area contributed by atoms with E-state index in [1.165, 1.54) is 12.3 Å². The lowest BCUT2D eigenvalue weighted by atomic mass is 10.2. The van der Waals surface area contributed by atoms with Crippen LogP contribution in [0.15, 0.2) is 18.5 Å². The maximum Gasteiger partial charge on any atom is 0.337 e. The van der Waals surface area contributed by atoms with Gasteiger partial charge in [0.1, 0.15) is 0 Å². The third-order valence-corrected chi connectivity index (χ3v) is 2.39. The summed E-state index contributed by atoms with van der Waals surface area (Å²) in [7, 11) is 1.32. The van der Waals surface area contributed by atoms with Gasteiger partial charge in [-0.1, -0.05) is 0 Å². The van der Waals surface area contributed by atoms with Crippen molar-refractivity contribution in [3.8, 4) is 0 Å². The number of carbonyl (C=O) groups is 1. The minimum absolute atomic E-state index is 0.0668. The van der Waals surface area contributed by atoms with Gasteiger partial charge in [0.05, 0.1) is 11.3 Å². The maximum absolute atomic E-state index is 10.7. The van der Waals surface area contributed by atoms with Crippen molar-refractivity contribution < 1.29 is 18.3 Å². The SMILES string of the molecule is O=C(O)c1cncc(CS(=O)(=O)Cl)c1. The Hall–Kier alpha value is -1.14. The molecular weight excluding hydrogens is 230 g/mol. The van der Waals surface area contributed by atoms with Crippen LogP contribution in [0, 0.1) is 0 Å². The molecular formula is C7H6ClNO4S. The lowest BCUT2D eigenvalue weighted by molar-refractivity contribution is 0.0696. The predicted molar refractivity (Wildman–Crippen MR) is 49.7 cm³/mol. The molecule has 0 saturated carbocycles. The number of nitrogens with zero attached hydrogens (tertiary/aromatic N) is 1. The zero-order valence-electron chi connectivity index (χ0n) is 6.84. The summed E-state index contributed by atoms with van der Waals surface area (Å²) in [6, 6.07) is 1.22. The van der Waals surface area contributed by atoms with Crippen LogP contribution in [0.25, 0.3) is 0 Å². The molecule has 0 bridgehead atoms. The Kier molecular flexibility index (Phi) is 3.07. The lowest BCUT2D eigenvalue weighted by Crippen LogP contribution is -2.01. The van der Waals surface area contributed by atoms with E-state index < -0.39 is 20.8 Å². The second-order valence-electron chi connectivity index (χ2n) is 2.57. The number of aromatic nitrogens is 1. The third kappa shape index (κ3) is 3.31. The number of halogens is 1. The maximum atomic E-state index is 10.7. The Balaban J connectivity index is 3.01. The van der Waals surface area contributed by atoms with Gasteiger partial charge in [-0.2, -0.15) is 0 Å². The summed E-state index contributed by atoms with van der Waals surface area (Å²) in [6.45, 7) is 0. The number of carboxylic acid groups (broad SMARTS) is 1. The molecule has 0 atom stereocenters. The highest BCUT2D eigenvalue weighted by Crippen LogP contribution is 2.10. The fraction of sp³-hybridized carbons (Fsp3) is 0.143. The van der Waals surface area contributed by atoms with Crippen LogP contribution < -0.4 is 0 Å². The molecule has 5 nitrogen and oxygen atoms in total. The van der Waals surface area contributed by atoms with Crippen LogP contribution in [0.5, 0.6) is 0 Å². The number of rotatable bonds is 3. The van der Waals surface area contributed by atoms with E-state index in [0.29, 0.717) is 0 Å². The van der Waals surface area contributed by atoms with E-state index in [9.17, 15) is 13.2 Å². The third-order valence-electron chi connectivity index (χ3n) is 1.38. The molecule has 0 fully saturated rings. The van der Waals surface area contributed by atoms with Crippen molar-refractivity contribution in [2.75, 3.05) is 0 Å². The fourth-order valence-corrected chi connectivity index (χ4v) is 1.82. The molecule has 1 heterocycles. The average Bonchev–Trinajstić information content (AvgIpc) is 2.01.